The first-order valence-corrected chi connectivity index (χ1v) is 8.83. The van der Waals surface area contributed by atoms with E-state index in [0.717, 1.165) is 21.2 Å². The minimum Gasteiger partial charge on any atom is -0.448 e. The molecule has 7 heteroatoms. The minimum absolute atomic E-state index is 0.642. The van der Waals surface area contributed by atoms with E-state index in [1.807, 2.05) is 30.5 Å². The number of thiazole rings is 1. The van der Waals surface area contributed by atoms with E-state index in [0.29, 0.717) is 27.8 Å². The summed E-state index contributed by atoms with van der Waals surface area (Å²) in [4.78, 5) is 5.40. The summed E-state index contributed by atoms with van der Waals surface area (Å²) >= 11 is 16.9. The number of benzene rings is 1. The van der Waals surface area contributed by atoms with E-state index in [1.54, 1.807) is 17.4 Å². The summed E-state index contributed by atoms with van der Waals surface area (Å²) in [6, 6.07) is 9.29. The van der Waals surface area contributed by atoms with Gasteiger partial charge in [-0.05, 0) is 45.8 Å². The third-order valence-corrected chi connectivity index (χ3v) is 5.00. The maximum Gasteiger partial charge on any atom is 0.169 e. The molecule has 0 amide bonds. The van der Waals surface area contributed by atoms with Crippen LogP contribution in [0.5, 0.6) is 0 Å². The normalized spacial score (nSPS) is 11.0. The lowest BCUT2D eigenvalue weighted by Crippen LogP contribution is -2.12. The summed E-state index contributed by atoms with van der Waals surface area (Å²) in [5.74, 6) is 0.816. The van der Waals surface area contributed by atoms with Crippen molar-refractivity contribution in [3.63, 3.8) is 0 Å². The Kier molecular flexibility index (Phi) is 5.21. The highest BCUT2D eigenvalue weighted by Gasteiger charge is 2.08. The number of furan rings is 1. The molecule has 0 saturated heterocycles. The Hall–Kier alpha value is -0.850. The zero-order valence-corrected chi connectivity index (χ0v) is 15.2. The molecular weight excluding hydrogens is 407 g/mol. The average molecular weight is 418 g/mol. The lowest BCUT2D eigenvalue weighted by molar-refractivity contribution is 0.557. The van der Waals surface area contributed by atoms with Gasteiger partial charge in [-0.1, -0.05) is 29.3 Å². The molecule has 0 atom stereocenters. The van der Waals surface area contributed by atoms with Gasteiger partial charge < -0.3 is 9.73 Å². The van der Waals surface area contributed by atoms with Gasteiger partial charge in [-0.3, -0.25) is 0 Å². The van der Waals surface area contributed by atoms with Crippen LogP contribution in [-0.4, -0.2) is 4.98 Å². The number of nitrogens with zero attached hydrogens (tertiary/aromatic N) is 1. The van der Waals surface area contributed by atoms with Gasteiger partial charge in [-0.2, -0.15) is 0 Å². The first-order chi connectivity index (χ1) is 10.6. The van der Waals surface area contributed by atoms with Crippen molar-refractivity contribution in [2.75, 3.05) is 0 Å². The van der Waals surface area contributed by atoms with E-state index < -0.39 is 0 Å². The fourth-order valence-corrected chi connectivity index (χ4v) is 3.55. The van der Waals surface area contributed by atoms with E-state index in [2.05, 4.69) is 26.2 Å². The fourth-order valence-electron chi connectivity index (χ4n) is 1.92. The van der Waals surface area contributed by atoms with Crippen LogP contribution in [0.4, 0.5) is 0 Å². The smallest absolute Gasteiger partial charge is 0.169 e. The zero-order chi connectivity index (χ0) is 15.5. The lowest BCUT2D eigenvalue weighted by atomic mass is 10.2. The second-order valence-corrected chi connectivity index (χ2v) is 7.30. The summed E-state index contributed by atoms with van der Waals surface area (Å²) in [7, 11) is 0. The molecule has 3 nitrogen and oxygen atoms in total. The number of halogens is 3. The Labute approximate surface area is 150 Å². The largest absolute Gasteiger partial charge is 0.448 e. The van der Waals surface area contributed by atoms with Crippen LogP contribution < -0.4 is 5.32 Å². The molecule has 2 heterocycles. The molecule has 0 spiro atoms. The van der Waals surface area contributed by atoms with Crippen molar-refractivity contribution in [3.8, 4) is 10.6 Å². The van der Waals surface area contributed by atoms with Gasteiger partial charge in [-0.25, -0.2) is 4.98 Å². The average Bonchev–Trinajstić information content (AvgIpc) is 3.10. The monoisotopic (exact) mass is 416 g/mol. The van der Waals surface area contributed by atoms with E-state index in [4.69, 9.17) is 27.6 Å². The first-order valence-electron chi connectivity index (χ1n) is 6.47. The molecule has 0 unspecified atom stereocenters. The molecule has 1 N–H and O–H groups in total. The Bertz CT molecular complexity index is 787. The first kappa shape index (κ1) is 16.0. The SMILES string of the molecule is Clc1ccc(CNCc2ncc(-c3ccc(Br)o3)s2)c(Cl)c1. The third-order valence-electron chi connectivity index (χ3n) is 2.98. The molecule has 0 aliphatic heterocycles. The Balaban J connectivity index is 1.59. The van der Waals surface area contributed by atoms with E-state index in [-0.39, 0.29) is 0 Å². The van der Waals surface area contributed by atoms with Gasteiger partial charge in [0.15, 0.2) is 4.67 Å². The summed E-state index contributed by atoms with van der Waals surface area (Å²) < 4.78 is 6.24. The fraction of sp³-hybridized carbons (Fsp3) is 0.133. The molecule has 22 heavy (non-hydrogen) atoms. The summed E-state index contributed by atoms with van der Waals surface area (Å²) in [6.07, 6.45) is 1.82. The summed E-state index contributed by atoms with van der Waals surface area (Å²) in [5, 5.41) is 5.63. The highest BCUT2D eigenvalue weighted by molar-refractivity contribution is 9.10. The molecular formula is C15H11BrCl2N2OS. The lowest BCUT2D eigenvalue weighted by Gasteiger charge is -2.05. The number of aromatic nitrogens is 1. The van der Waals surface area contributed by atoms with Crippen LogP contribution in [0, 0.1) is 0 Å². The molecule has 0 saturated carbocycles. The number of hydrogen-bond acceptors (Lipinski definition) is 4. The van der Waals surface area contributed by atoms with E-state index in [1.165, 1.54) is 0 Å². The predicted molar refractivity (Wildman–Crippen MR) is 94.5 cm³/mol. The van der Waals surface area contributed by atoms with Crippen molar-refractivity contribution in [1.82, 2.24) is 10.3 Å². The van der Waals surface area contributed by atoms with Gasteiger partial charge in [0.1, 0.15) is 10.8 Å². The van der Waals surface area contributed by atoms with E-state index in [9.17, 15) is 0 Å². The standard InChI is InChI=1S/C15H11BrCl2N2OS/c16-14-4-3-12(21-14)13-7-20-15(22-13)8-19-6-9-1-2-10(17)5-11(9)18/h1-5,7,19H,6,8H2. The molecule has 0 aliphatic carbocycles. The maximum absolute atomic E-state index is 6.14. The van der Waals surface area contributed by atoms with Gasteiger partial charge in [0.05, 0.1) is 4.88 Å². The molecule has 0 aliphatic rings. The van der Waals surface area contributed by atoms with Crippen LogP contribution in [0.3, 0.4) is 0 Å². The Morgan fingerprint density at radius 2 is 2.05 bits per heavy atom. The van der Waals surface area contributed by atoms with Gasteiger partial charge in [0, 0.05) is 29.3 Å². The van der Waals surface area contributed by atoms with Crippen LogP contribution in [0.1, 0.15) is 10.6 Å². The number of hydrogen-bond donors (Lipinski definition) is 1. The van der Waals surface area contributed by atoms with Gasteiger partial charge in [0.25, 0.3) is 0 Å². The minimum atomic E-state index is 0.642. The van der Waals surface area contributed by atoms with Crippen LogP contribution >= 0.6 is 50.5 Å². The third kappa shape index (κ3) is 3.91. The Morgan fingerprint density at radius 1 is 1.18 bits per heavy atom. The van der Waals surface area contributed by atoms with Crippen molar-refractivity contribution >= 4 is 50.5 Å². The molecule has 1 aromatic carbocycles. The number of nitrogens with one attached hydrogen (secondary N) is 1. The quantitative estimate of drug-likeness (QED) is 0.573. The van der Waals surface area contributed by atoms with Crippen molar-refractivity contribution in [2.24, 2.45) is 0 Å². The summed E-state index contributed by atoms with van der Waals surface area (Å²) in [5.41, 5.74) is 1.01. The van der Waals surface area contributed by atoms with Crippen molar-refractivity contribution in [2.45, 2.75) is 13.1 Å². The molecule has 0 bridgehead atoms. The second-order valence-electron chi connectivity index (χ2n) is 4.56. The van der Waals surface area contributed by atoms with Gasteiger partial charge in [0.2, 0.25) is 0 Å². The molecule has 3 rings (SSSR count). The Morgan fingerprint density at radius 3 is 2.77 bits per heavy atom. The maximum atomic E-state index is 6.14. The van der Waals surface area contributed by atoms with Crippen LogP contribution in [0.2, 0.25) is 10.0 Å². The number of rotatable bonds is 5. The van der Waals surface area contributed by atoms with Crippen LogP contribution in [-0.2, 0) is 13.1 Å². The topological polar surface area (TPSA) is 38.1 Å². The molecule has 2 aromatic heterocycles. The van der Waals surface area contributed by atoms with E-state index >= 15 is 0 Å². The molecule has 114 valence electrons. The van der Waals surface area contributed by atoms with Crippen LogP contribution in [0.25, 0.3) is 10.6 Å². The zero-order valence-electron chi connectivity index (χ0n) is 11.3. The highest BCUT2D eigenvalue weighted by Crippen LogP contribution is 2.29. The predicted octanol–water partition coefficient (Wildman–Crippen LogP) is 5.76. The molecule has 3 aromatic rings. The van der Waals surface area contributed by atoms with Gasteiger partial charge in [-0.15, -0.1) is 11.3 Å². The molecule has 0 radical (unpaired) electrons. The van der Waals surface area contributed by atoms with Gasteiger partial charge >= 0.3 is 0 Å². The van der Waals surface area contributed by atoms with Crippen molar-refractivity contribution < 1.29 is 4.42 Å². The summed E-state index contributed by atoms with van der Waals surface area (Å²) in [6.45, 7) is 1.34. The van der Waals surface area contributed by atoms with Crippen molar-refractivity contribution in [3.05, 3.63) is 61.8 Å². The molecule has 0 fully saturated rings. The van der Waals surface area contributed by atoms with Crippen molar-refractivity contribution in [1.29, 1.82) is 0 Å². The van der Waals surface area contributed by atoms with Crippen LogP contribution in [0.15, 0.2) is 45.6 Å². The highest BCUT2D eigenvalue weighted by atomic mass is 79.9. The second kappa shape index (κ2) is 7.15.